The Morgan fingerprint density at radius 1 is 0.368 bits per heavy atom. The van der Waals surface area contributed by atoms with Gasteiger partial charge in [0.15, 0.2) is 23.1 Å². The summed E-state index contributed by atoms with van der Waals surface area (Å²) >= 11 is 0. The molecule has 16 rings (SSSR count). The van der Waals surface area contributed by atoms with Crippen molar-refractivity contribution in [1.82, 2.24) is 24.5 Å². The van der Waals surface area contributed by atoms with Gasteiger partial charge in [0.2, 0.25) is 0 Å². The molecule has 15 aromatic rings. The van der Waals surface area contributed by atoms with E-state index in [-0.39, 0.29) is 5.92 Å². The Bertz CT molecular complexity index is 4750. The number of fused-ring (bicyclic) bond motifs is 14. The van der Waals surface area contributed by atoms with Gasteiger partial charge >= 0.3 is 0 Å². The topological polar surface area (TPSA) is 82.8 Å². The van der Waals surface area contributed by atoms with E-state index in [4.69, 9.17) is 28.8 Å². The minimum Gasteiger partial charge on any atom is -0.456 e. The van der Waals surface area contributed by atoms with E-state index in [0.29, 0.717) is 17.5 Å². The summed E-state index contributed by atoms with van der Waals surface area (Å²) in [5.41, 5.74) is 18.7. The summed E-state index contributed by atoms with van der Waals surface area (Å²) in [6.45, 7) is 0. The maximum absolute atomic E-state index is 7.09. The summed E-state index contributed by atoms with van der Waals surface area (Å²) in [5, 5.41) is 6.54. The molecule has 1 atom stereocenters. The quantitative estimate of drug-likeness (QED) is 0.158. The van der Waals surface area contributed by atoms with Crippen molar-refractivity contribution < 1.29 is 8.83 Å². The molecule has 76 heavy (non-hydrogen) atoms. The Morgan fingerprint density at radius 2 is 0.934 bits per heavy atom. The first-order chi connectivity index (χ1) is 37.7. The fourth-order valence-corrected chi connectivity index (χ4v) is 11.9. The molecule has 0 saturated heterocycles. The molecule has 5 aromatic heterocycles. The van der Waals surface area contributed by atoms with E-state index in [1.54, 1.807) is 0 Å². The minimum absolute atomic E-state index is 0.0408. The lowest BCUT2D eigenvalue weighted by molar-refractivity contribution is 0.662. The van der Waals surface area contributed by atoms with Gasteiger partial charge in [-0.05, 0) is 88.5 Å². The molecule has 0 amide bonds. The third-order valence-corrected chi connectivity index (χ3v) is 15.4. The van der Waals surface area contributed by atoms with Crippen molar-refractivity contribution in [1.29, 1.82) is 0 Å². The van der Waals surface area contributed by atoms with E-state index >= 15 is 0 Å². The van der Waals surface area contributed by atoms with Crippen LogP contribution in [0, 0.1) is 0 Å². The van der Waals surface area contributed by atoms with Crippen LogP contribution in [0.15, 0.2) is 252 Å². The smallest absolute Gasteiger partial charge is 0.166 e. The summed E-state index contributed by atoms with van der Waals surface area (Å²) in [4.78, 5) is 21.0. The highest BCUT2D eigenvalue weighted by atomic mass is 16.3. The van der Waals surface area contributed by atoms with Gasteiger partial charge in [-0.15, -0.1) is 0 Å². The summed E-state index contributed by atoms with van der Waals surface area (Å²) in [6, 6.07) is 82.7. The van der Waals surface area contributed by atoms with Gasteiger partial charge in [-0.1, -0.05) is 176 Å². The number of aromatic nitrogens is 5. The molecule has 1 unspecified atom stereocenters. The van der Waals surface area contributed by atoms with Gasteiger partial charge in [-0.3, -0.25) is 4.98 Å². The first-order valence-corrected chi connectivity index (χ1v) is 25.6. The van der Waals surface area contributed by atoms with E-state index in [2.05, 4.69) is 180 Å². The Balaban J connectivity index is 0.893. The van der Waals surface area contributed by atoms with Crippen molar-refractivity contribution in [2.75, 3.05) is 0 Å². The number of benzene rings is 10. The Hall–Kier alpha value is -10.2. The van der Waals surface area contributed by atoms with Crippen molar-refractivity contribution in [2.24, 2.45) is 0 Å². The molecule has 0 bridgehead atoms. The second-order valence-corrected chi connectivity index (χ2v) is 19.6. The normalized spacial score (nSPS) is 13.1. The maximum atomic E-state index is 7.09. The van der Waals surface area contributed by atoms with Gasteiger partial charge in [0, 0.05) is 83.5 Å². The average Bonchev–Trinajstić information content (AvgIpc) is 4.28. The Kier molecular flexibility index (Phi) is 9.26. The fraction of sp³-hybridized carbons (Fsp3) is 0.0145. The number of rotatable bonds is 7. The summed E-state index contributed by atoms with van der Waals surface area (Å²) in [6.07, 6.45) is 1.95. The Labute approximate surface area is 435 Å². The highest BCUT2D eigenvalue weighted by Gasteiger charge is 2.33. The second kappa shape index (κ2) is 16.6. The van der Waals surface area contributed by atoms with Crippen LogP contribution in [-0.4, -0.2) is 24.5 Å². The number of hydrogen-bond acceptors (Lipinski definition) is 6. The van der Waals surface area contributed by atoms with E-state index in [0.717, 1.165) is 105 Å². The summed E-state index contributed by atoms with van der Waals surface area (Å²) < 4.78 is 16.4. The standard InChI is InChI=1S/C69H41N5O2/c1-5-17-41(18-6-1)61-52-27-14-13-25-48(52)53-33-35-55-50-32-30-45(39-60(50)75-65(55)62(53)61)63-57(69-72-67(42-19-7-2-8-20-42)71-68(73-69)43-21-9-3-10-22-43)37-46(40-70-63)44-29-31-51-56-36-34-54-49-26-15-16-28-58(49)74(47-23-11-4-12-24-47)64(54)66(56)76-59(51)38-44/h1-40,61H. The molecular formula is C69H41N5O2. The number of pyridine rings is 1. The zero-order chi connectivity index (χ0) is 49.8. The van der Waals surface area contributed by atoms with Crippen LogP contribution in [0.5, 0.6) is 0 Å². The van der Waals surface area contributed by atoms with Gasteiger partial charge in [0.05, 0.1) is 16.7 Å². The lowest BCUT2D eigenvalue weighted by Gasteiger charge is -2.14. The molecule has 0 radical (unpaired) electrons. The molecule has 0 aliphatic heterocycles. The summed E-state index contributed by atoms with van der Waals surface area (Å²) in [5.74, 6) is 1.68. The maximum Gasteiger partial charge on any atom is 0.166 e. The minimum atomic E-state index is 0.0408. The molecule has 5 heterocycles. The van der Waals surface area contributed by atoms with Crippen LogP contribution in [0.4, 0.5) is 0 Å². The van der Waals surface area contributed by atoms with Crippen molar-refractivity contribution >= 4 is 65.7 Å². The second-order valence-electron chi connectivity index (χ2n) is 19.6. The van der Waals surface area contributed by atoms with E-state index in [1.165, 1.54) is 33.2 Å². The Morgan fingerprint density at radius 3 is 1.68 bits per heavy atom. The van der Waals surface area contributed by atoms with Crippen molar-refractivity contribution in [2.45, 2.75) is 5.92 Å². The largest absolute Gasteiger partial charge is 0.456 e. The van der Waals surface area contributed by atoms with Crippen molar-refractivity contribution in [3.05, 3.63) is 259 Å². The molecule has 7 nitrogen and oxygen atoms in total. The zero-order valence-corrected chi connectivity index (χ0v) is 40.7. The molecule has 354 valence electrons. The molecule has 0 spiro atoms. The predicted octanol–water partition coefficient (Wildman–Crippen LogP) is 17.7. The first kappa shape index (κ1) is 42.3. The lowest BCUT2D eigenvalue weighted by Crippen LogP contribution is -2.02. The SMILES string of the molecule is c1ccc(-c2nc(-c3ccccc3)nc(-c3cc(-c4ccc5c(c4)oc4c5ccc5c6ccccc6n(-c6ccccc6)c54)cnc3-c3ccc4c(c3)oc3c5c(ccc34)-c3ccccc3C5c3ccccc3)n2)cc1. The van der Waals surface area contributed by atoms with Gasteiger partial charge < -0.3 is 13.4 Å². The van der Waals surface area contributed by atoms with Crippen molar-refractivity contribution in [3.8, 4) is 73.4 Å². The molecule has 0 saturated carbocycles. The van der Waals surface area contributed by atoms with Crippen LogP contribution >= 0.6 is 0 Å². The van der Waals surface area contributed by atoms with E-state index in [9.17, 15) is 0 Å². The number of para-hydroxylation sites is 2. The molecule has 10 aromatic carbocycles. The first-order valence-electron chi connectivity index (χ1n) is 25.6. The molecule has 7 heteroatoms. The number of furan rings is 2. The van der Waals surface area contributed by atoms with Crippen LogP contribution in [0.25, 0.3) is 139 Å². The monoisotopic (exact) mass is 971 g/mol. The van der Waals surface area contributed by atoms with Crippen LogP contribution in [-0.2, 0) is 0 Å². The molecular weight excluding hydrogens is 931 g/mol. The van der Waals surface area contributed by atoms with Crippen LogP contribution in [0.3, 0.4) is 0 Å². The number of nitrogens with zero attached hydrogens (tertiary/aromatic N) is 5. The third kappa shape index (κ3) is 6.49. The van der Waals surface area contributed by atoms with Crippen LogP contribution < -0.4 is 0 Å². The molecule has 1 aliphatic rings. The molecule has 0 fully saturated rings. The molecule has 0 N–H and O–H groups in total. The third-order valence-electron chi connectivity index (χ3n) is 15.4. The van der Waals surface area contributed by atoms with Gasteiger partial charge in [-0.25, -0.2) is 15.0 Å². The lowest BCUT2D eigenvalue weighted by atomic mass is 9.88. The van der Waals surface area contributed by atoms with Gasteiger partial charge in [-0.2, -0.15) is 0 Å². The number of hydrogen-bond donors (Lipinski definition) is 0. The van der Waals surface area contributed by atoms with Gasteiger partial charge in [0.1, 0.15) is 16.7 Å². The zero-order valence-electron chi connectivity index (χ0n) is 40.7. The highest BCUT2D eigenvalue weighted by molar-refractivity contribution is 6.21. The van der Waals surface area contributed by atoms with Gasteiger partial charge in [0.25, 0.3) is 0 Å². The van der Waals surface area contributed by atoms with E-state index < -0.39 is 0 Å². The predicted molar refractivity (Wildman–Crippen MR) is 307 cm³/mol. The van der Waals surface area contributed by atoms with Crippen molar-refractivity contribution in [3.63, 3.8) is 0 Å². The van der Waals surface area contributed by atoms with Crippen LogP contribution in [0.2, 0.25) is 0 Å². The van der Waals surface area contributed by atoms with Crippen LogP contribution in [0.1, 0.15) is 22.6 Å². The van der Waals surface area contributed by atoms with E-state index in [1.807, 2.05) is 66.9 Å². The molecule has 1 aliphatic carbocycles. The highest BCUT2D eigenvalue weighted by Crippen LogP contribution is 2.52. The summed E-state index contributed by atoms with van der Waals surface area (Å²) in [7, 11) is 0. The average molecular weight is 972 g/mol. The fourth-order valence-electron chi connectivity index (χ4n) is 11.9.